The lowest BCUT2D eigenvalue weighted by Crippen LogP contribution is -2.21. The molecule has 2 N–H and O–H groups in total. The number of hydrogen-bond acceptors (Lipinski definition) is 6. The second kappa shape index (κ2) is 5.50. The van der Waals surface area contributed by atoms with Crippen LogP contribution in [0.5, 0.6) is 0 Å². The van der Waals surface area contributed by atoms with Gasteiger partial charge in [-0.05, 0) is 36.4 Å². The fourth-order valence-corrected chi connectivity index (χ4v) is 4.17. The average Bonchev–Trinajstić information content (AvgIpc) is 2.57. The maximum Gasteiger partial charge on any atom is 0.208 e. The van der Waals surface area contributed by atoms with Gasteiger partial charge >= 0.3 is 0 Å². The van der Waals surface area contributed by atoms with E-state index in [9.17, 15) is 13.2 Å². The van der Waals surface area contributed by atoms with Crippen molar-refractivity contribution in [1.29, 1.82) is 5.26 Å². The van der Waals surface area contributed by atoms with Crippen LogP contribution in [0.3, 0.4) is 0 Å². The Labute approximate surface area is 132 Å². The zero-order valence-corrected chi connectivity index (χ0v) is 12.7. The van der Waals surface area contributed by atoms with Crippen LogP contribution in [0.4, 0.5) is 5.69 Å². The van der Waals surface area contributed by atoms with E-state index in [4.69, 9.17) is 10.4 Å². The van der Waals surface area contributed by atoms with Crippen molar-refractivity contribution in [2.75, 3.05) is 18.5 Å². The molecule has 0 aliphatic carbocycles. The Morgan fingerprint density at radius 1 is 1.09 bits per heavy atom. The summed E-state index contributed by atoms with van der Waals surface area (Å²) < 4.78 is 25.4. The number of nitrogens with one attached hydrogen (secondary N) is 1. The summed E-state index contributed by atoms with van der Waals surface area (Å²) in [5.74, 6) is -0.401. The van der Waals surface area contributed by atoms with Crippen LogP contribution in [0.1, 0.15) is 21.5 Å². The monoisotopic (exact) mass is 328 g/mol. The number of anilines is 1. The van der Waals surface area contributed by atoms with Crippen LogP contribution in [-0.4, -0.2) is 32.5 Å². The Morgan fingerprint density at radius 2 is 1.87 bits per heavy atom. The molecule has 1 aliphatic rings. The third-order valence-corrected chi connectivity index (χ3v) is 5.45. The van der Waals surface area contributed by atoms with Crippen LogP contribution in [0.25, 0.3) is 0 Å². The number of aliphatic hydroxyl groups excluding tert-OH is 1. The summed E-state index contributed by atoms with van der Waals surface area (Å²) >= 11 is 0. The molecule has 6 nitrogen and oxygen atoms in total. The first-order valence-electron chi connectivity index (χ1n) is 6.82. The Kier molecular flexibility index (Phi) is 3.64. The third kappa shape index (κ3) is 2.38. The molecule has 0 saturated heterocycles. The van der Waals surface area contributed by atoms with Crippen LogP contribution in [0.2, 0.25) is 0 Å². The molecule has 0 fully saturated rings. The van der Waals surface area contributed by atoms with Crippen molar-refractivity contribution in [2.24, 2.45) is 0 Å². The van der Waals surface area contributed by atoms with Crippen molar-refractivity contribution in [1.82, 2.24) is 0 Å². The highest BCUT2D eigenvalue weighted by Gasteiger charge is 2.35. The highest BCUT2D eigenvalue weighted by molar-refractivity contribution is 7.91. The molecule has 2 aromatic carbocycles. The summed E-state index contributed by atoms with van der Waals surface area (Å²) in [6, 6.07) is 10.3. The number of nitriles is 1. The molecule has 0 spiro atoms. The molecule has 116 valence electrons. The second-order valence-corrected chi connectivity index (χ2v) is 6.90. The third-order valence-electron chi connectivity index (χ3n) is 3.60. The van der Waals surface area contributed by atoms with Gasteiger partial charge in [-0.25, -0.2) is 8.42 Å². The lowest BCUT2D eigenvalue weighted by Gasteiger charge is -2.19. The number of fused-ring (bicyclic) bond motifs is 2. The molecular formula is C16H12N2O4S. The van der Waals surface area contributed by atoms with E-state index in [0.717, 1.165) is 0 Å². The Balaban J connectivity index is 2.20. The lowest BCUT2D eigenvalue weighted by molar-refractivity contribution is 0.103. The van der Waals surface area contributed by atoms with E-state index < -0.39 is 15.6 Å². The minimum atomic E-state index is -3.85. The maximum atomic E-state index is 12.7. The quantitative estimate of drug-likeness (QED) is 0.751. The van der Waals surface area contributed by atoms with E-state index in [1.807, 2.05) is 6.07 Å². The summed E-state index contributed by atoms with van der Waals surface area (Å²) in [6.45, 7) is 0.213. The van der Waals surface area contributed by atoms with Gasteiger partial charge in [0.1, 0.15) is 0 Å². The first-order chi connectivity index (χ1) is 11.0. The van der Waals surface area contributed by atoms with Gasteiger partial charge in [-0.3, -0.25) is 4.79 Å². The molecule has 2 aromatic rings. The summed E-state index contributed by atoms with van der Waals surface area (Å²) in [5, 5.41) is 20.7. The number of rotatable bonds is 3. The van der Waals surface area contributed by atoms with Gasteiger partial charge in [0.25, 0.3) is 0 Å². The fourth-order valence-electron chi connectivity index (χ4n) is 2.52. The van der Waals surface area contributed by atoms with E-state index in [1.54, 1.807) is 6.07 Å². The smallest absolute Gasteiger partial charge is 0.208 e. The summed E-state index contributed by atoms with van der Waals surface area (Å²) in [6.07, 6.45) is 0. The predicted octanol–water partition coefficient (Wildman–Crippen LogP) is 1.34. The molecule has 1 aliphatic heterocycles. The molecule has 0 aromatic heterocycles. The van der Waals surface area contributed by atoms with E-state index >= 15 is 0 Å². The Bertz CT molecular complexity index is 959. The largest absolute Gasteiger partial charge is 0.395 e. The van der Waals surface area contributed by atoms with Crippen LogP contribution >= 0.6 is 0 Å². The molecule has 7 heteroatoms. The number of benzene rings is 2. The van der Waals surface area contributed by atoms with E-state index in [1.165, 1.54) is 30.3 Å². The minimum Gasteiger partial charge on any atom is -0.395 e. The van der Waals surface area contributed by atoms with Gasteiger partial charge < -0.3 is 10.4 Å². The molecule has 0 unspecified atom stereocenters. The molecule has 0 amide bonds. The van der Waals surface area contributed by atoms with Crippen LogP contribution in [0.15, 0.2) is 46.2 Å². The zero-order valence-electron chi connectivity index (χ0n) is 11.9. The van der Waals surface area contributed by atoms with E-state index in [2.05, 4.69) is 5.32 Å². The van der Waals surface area contributed by atoms with Gasteiger partial charge in [0, 0.05) is 23.4 Å². The van der Waals surface area contributed by atoms with Crippen molar-refractivity contribution < 1.29 is 18.3 Å². The first kappa shape index (κ1) is 15.2. The van der Waals surface area contributed by atoms with Crippen molar-refractivity contribution >= 4 is 21.3 Å². The van der Waals surface area contributed by atoms with Crippen molar-refractivity contribution in [3.63, 3.8) is 0 Å². The van der Waals surface area contributed by atoms with Gasteiger partial charge in [-0.1, -0.05) is 0 Å². The number of carbonyl (C=O) groups is 1. The zero-order chi connectivity index (χ0) is 16.6. The number of aliphatic hydroxyl groups is 1. The normalized spacial score (nSPS) is 14.5. The molecule has 0 atom stereocenters. The van der Waals surface area contributed by atoms with Gasteiger partial charge in [-0.15, -0.1) is 0 Å². The van der Waals surface area contributed by atoms with E-state index in [-0.39, 0.29) is 33.1 Å². The fraction of sp³-hybridized carbons (Fsp3) is 0.125. The van der Waals surface area contributed by atoms with Gasteiger partial charge in [0.15, 0.2) is 5.78 Å². The van der Waals surface area contributed by atoms with Crippen LogP contribution in [-0.2, 0) is 9.84 Å². The topological polar surface area (TPSA) is 107 Å². The number of ketones is 1. The molecular weight excluding hydrogens is 316 g/mol. The van der Waals surface area contributed by atoms with Crippen molar-refractivity contribution in [3.8, 4) is 6.07 Å². The molecule has 0 saturated carbocycles. The molecule has 3 rings (SSSR count). The lowest BCUT2D eigenvalue weighted by atomic mass is 10.0. The van der Waals surface area contributed by atoms with Gasteiger partial charge in [0.05, 0.1) is 28.0 Å². The summed E-state index contributed by atoms with van der Waals surface area (Å²) in [7, 11) is -3.85. The van der Waals surface area contributed by atoms with E-state index in [0.29, 0.717) is 12.2 Å². The number of sulfone groups is 1. The summed E-state index contributed by atoms with van der Waals surface area (Å²) in [4.78, 5) is 12.4. The number of carbonyl (C=O) groups excluding carboxylic acids is 1. The van der Waals surface area contributed by atoms with Gasteiger partial charge in [-0.2, -0.15) is 5.26 Å². The Morgan fingerprint density at radius 3 is 2.57 bits per heavy atom. The van der Waals surface area contributed by atoms with Gasteiger partial charge in [0.2, 0.25) is 9.84 Å². The average molecular weight is 328 g/mol. The maximum absolute atomic E-state index is 12.7. The predicted molar refractivity (Wildman–Crippen MR) is 82.1 cm³/mol. The minimum absolute atomic E-state index is 0.0656. The Hall–Kier alpha value is -2.69. The van der Waals surface area contributed by atoms with Crippen LogP contribution < -0.4 is 5.32 Å². The number of nitrogens with zero attached hydrogens (tertiary/aromatic N) is 1. The van der Waals surface area contributed by atoms with Crippen molar-refractivity contribution in [2.45, 2.75) is 9.79 Å². The van der Waals surface area contributed by atoms with Crippen molar-refractivity contribution in [3.05, 3.63) is 53.1 Å². The molecule has 1 heterocycles. The highest BCUT2D eigenvalue weighted by Crippen LogP contribution is 2.36. The standard InChI is InChI=1S/C16H12N2O4S/c17-9-10-1-3-12-15(7-10)23(21,22)14-4-2-11(18-5-6-19)8-13(14)16(12)20/h1-4,7-8,18-19H,5-6H2. The molecule has 0 radical (unpaired) electrons. The number of hydrogen-bond donors (Lipinski definition) is 2. The first-order valence-corrected chi connectivity index (χ1v) is 8.30. The molecule has 0 bridgehead atoms. The SMILES string of the molecule is N#Cc1ccc2c(c1)S(=O)(=O)c1ccc(NCCO)cc1C2=O. The highest BCUT2D eigenvalue weighted by atomic mass is 32.2. The second-order valence-electron chi connectivity index (χ2n) is 5.02. The molecule has 23 heavy (non-hydrogen) atoms. The van der Waals surface area contributed by atoms with Crippen LogP contribution in [0, 0.1) is 11.3 Å². The summed E-state index contributed by atoms with van der Waals surface area (Å²) in [5.41, 5.74) is 0.893.